The molecule has 7 heteroatoms. The Bertz CT molecular complexity index is 1150. The van der Waals surface area contributed by atoms with Crippen molar-refractivity contribution in [3.63, 3.8) is 0 Å². The van der Waals surface area contributed by atoms with Gasteiger partial charge in [-0.2, -0.15) is 0 Å². The molecule has 2 heterocycles. The summed E-state index contributed by atoms with van der Waals surface area (Å²) in [7, 11) is 0. The second-order valence-electron chi connectivity index (χ2n) is 10.7. The zero-order valence-electron chi connectivity index (χ0n) is 19.7. The van der Waals surface area contributed by atoms with Gasteiger partial charge in [0.05, 0.1) is 5.41 Å². The van der Waals surface area contributed by atoms with Crippen LogP contribution in [-0.2, 0) is 14.3 Å². The van der Waals surface area contributed by atoms with E-state index in [1.807, 2.05) is 24.3 Å². The maximum Gasteiger partial charge on any atom is 0.407 e. The molecule has 182 valence electrons. The first-order chi connectivity index (χ1) is 16.9. The number of carboxylic acids is 1. The standard InChI is InChI=1S/C28H30N2O5/c31-24(30-15-18-13-28(30,14-18)25(32)33)27(11-5-6-12-27)17-29-26(34)35-16-23-21-9-3-1-7-19(21)20-8-2-4-10-22(20)23/h1-4,7-10,18,23H,5-6,11-17H2,(H,29,34)(H,32,33). The largest absolute Gasteiger partial charge is 0.479 e. The van der Waals surface area contributed by atoms with Crippen LogP contribution >= 0.6 is 0 Å². The number of hydrogen-bond donors (Lipinski definition) is 2. The third kappa shape index (κ3) is 3.35. The van der Waals surface area contributed by atoms with Crippen molar-refractivity contribution in [2.75, 3.05) is 19.7 Å². The number of alkyl carbamates (subject to hydrolysis) is 1. The second kappa shape index (κ2) is 8.11. The van der Waals surface area contributed by atoms with Crippen LogP contribution in [0.25, 0.3) is 11.1 Å². The zero-order chi connectivity index (χ0) is 24.2. The number of carbonyl (C=O) groups excluding carboxylic acids is 2. The van der Waals surface area contributed by atoms with Gasteiger partial charge < -0.3 is 20.1 Å². The van der Waals surface area contributed by atoms with E-state index in [1.165, 1.54) is 11.1 Å². The van der Waals surface area contributed by atoms with E-state index in [9.17, 15) is 19.5 Å². The number of ether oxygens (including phenoxy) is 1. The first kappa shape index (κ1) is 22.1. The van der Waals surface area contributed by atoms with Gasteiger partial charge in [0.2, 0.25) is 5.91 Å². The van der Waals surface area contributed by atoms with Gasteiger partial charge in [-0.05, 0) is 53.9 Å². The van der Waals surface area contributed by atoms with Crippen LogP contribution in [0.2, 0.25) is 0 Å². The molecule has 2 aromatic carbocycles. The van der Waals surface area contributed by atoms with Gasteiger partial charge in [0.15, 0.2) is 0 Å². The second-order valence-corrected chi connectivity index (χ2v) is 10.7. The van der Waals surface area contributed by atoms with Crippen molar-refractivity contribution in [2.45, 2.75) is 50.0 Å². The summed E-state index contributed by atoms with van der Waals surface area (Å²) in [6, 6.07) is 16.4. The molecule has 2 saturated heterocycles. The highest BCUT2D eigenvalue weighted by molar-refractivity contribution is 5.92. The fourth-order valence-electron chi connectivity index (χ4n) is 6.94. The van der Waals surface area contributed by atoms with E-state index in [0.29, 0.717) is 32.2 Å². The van der Waals surface area contributed by atoms with Crippen molar-refractivity contribution in [1.82, 2.24) is 10.2 Å². The smallest absolute Gasteiger partial charge is 0.407 e. The van der Waals surface area contributed by atoms with Gasteiger partial charge in [0, 0.05) is 19.0 Å². The first-order valence-corrected chi connectivity index (χ1v) is 12.6. The summed E-state index contributed by atoms with van der Waals surface area (Å²) in [5.41, 5.74) is 2.85. The van der Waals surface area contributed by atoms with Crippen LogP contribution in [0.5, 0.6) is 0 Å². The van der Waals surface area contributed by atoms with Gasteiger partial charge >= 0.3 is 12.1 Å². The molecule has 0 aromatic heterocycles. The molecule has 4 fully saturated rings. The molecule has 3 aliphatic carbocycles. The molecule has 5 aliphatic rings. The van der Waals surface area contributed by atoms with E-state index < -0.39 is 23.0 Å². The molecule has 2 N–H and O–H groups in total. The van der Waals surface area contributed by atoms with Crippen molar-refractivity contribution in [3.05, 3.63) is 59.7 Å². The van der Waals surface area contributed by atoms with Gasteiger partial charge in [-0.15, -0.1) is 0 Å². The van der Waals surface area contributed by atoms with Crippen LogP contribution < -0.4 is 5.32 Å². The monoisotopic (exact) mass is 474 g/mol. The molecule has 7 nitrogen and oxygen atoms in total. The van der Waals surface area contributed by atoms with Crippen LogP contribution in [0, 0.1) is 11.3 Å². The van der Waals surface area contributed by atoms with Crippen molar-refractivity contribution < 1.29 is 24.2 Å². The highest BCUT2D eigenvalue weighted by Gasteiger charge is 2.65. The SMILES string of the molecule is O=C(NCC1(C(=O)N2CC3CC2(C(=O)O)C3)CCCC1)OCC1c2ccccc2-c2ccccc21. The van der Waals surface area contributed by atoms with E-state index in [-0.39, 0.29) is 30.9 Å². The number of fused-ring (bicyclic) bond motifs is 4. The molecule has 0 unspecified atom stereocenters. The normalized spacial score (nSPS) is 25.5. The van der Waals surface area contributed by atoms with Gasteiger partial charge in [0.25, 0.3) is 0 Å². The molecule has 0 spiro atoms. The van der Waals surface area contributed by atoms with Crippen molar-refractivity contribution in [3.8, 4) is 11.1 Å². The van der Waals surface area contributed by atoms with Crippen LogP contribution in [0.1, 0.15) is 55.6 Å². The van der Waals surface area contributed by atoms with Crippen LogP contribution in [0.15, 0.2) is 48.5 Å². The quantitative estimate of drug-likeness (QED) is 0.655. The highest BCUT2D eigenvalue weighted by Crippen LogP contribution is 2.53. The van der Waals surface area contributed by atoms with Crippen LogP contribution in [0.3, 0.4) is 0 Å². The number of carboxylic acid groups (broad SMARTS) is 1. The minimum Gasteiger partial charge on any atom is -0.479 e. The summed E-state index contributed by atoms with van der Waals surface area (Å²) < 4.78 is 5.67. The number of amides is 2. The van der Waals surface area contributed by atoms with E-state index in [4.69, 9.17) is 4.74 Å². The van der Waals surface area contributed by atoms with Crippen LogP contribution in [-0.4, -0.2) is 53.2 Å². The number of hydrogen-bond acceptors (Lipinski definition) is 4. The summed E-state index contributed by atoms with van der Waals surface area (Å²) in [5, 5.41) is 12.7. The summed E-state index contributed by atoms with van der Waals surface area (Å²) in [4.78, 5) is 40.0. The highest BCUT2D eigenvalue weighted by atomic mass is 16.5. The van der Waals surface area contributed by atoms with Crippen LogP contribution in [0.4, 0.5) is 4.79 Å². The summed E-state index contributed by atoms with van der Waals surface area (Å²) in [6.07, 6.45) is 3.67. The molecule has 2 aromatic rings. The fraction of sp³-hybridized carbons (Fsp3) is 0.464. The van der Waals surface area contributed by atoms with Gasteiger partial charge in [-0.1, -0.05) is 61.4 Å². The van der Waals surface area contributed by atoms with Crippen molar-refractivity contribution in [1.29, 1.82) is 0 Å². The van der Waals surface area contributed by atoms with Gasteiger partial charge in [-0.3, -0.25) is 4.79 Å². The Morgan fingerprint density at radius 3 is 2.17 bits per heavy atom. The molecular formula is C28H30N2O5. The number of rotatable bonds is 6. The van der Waals surface area contributed by atoms with Gasteiger partial charge in [-0.25, -0.2) is 9.59 Å². The average Bonchev–Trinajstić information content (AvgIpc) is 3.62. The topological polar surface area (TPSA) is 95.9 Å². The van der Waals surface area contributed by atoms with E-state index >= 15 is 0 Å². The number of carbonyl (C=O) groups is 3. The maximum atomic E-state index is 13.6. The molecule has 35 heavy (non-hydrogen) atoms. The lowest BCUT2D eigenvalue weighted by Gasteiger charge is -2.41. The van der Waals surface area contributed by atoms with Gasteiger partial charge in [0.1, 0.15) is 12.1 Å². The molecule has 2 amide bonds. The Balaban J connectivity index is 1.12. The number of aliphatic carboxylic acids is 1. The molecule has 2 bridgehead atoms. The summed E-state index contributed by atoms with van der Waals surface area (Å²) >= 11 is 0. The average molecular weight is 475 g/mol. The predicted molar refractivity (Wildman–Crippen MR) is 129 cm³/mol. The predicted octanol–water partition coefficient (Wildman–Crippen LogP) is 4.16. The Kier molecular flexibility index (Phi) is 5.13. The van der Waals surface area contributed by atoms with E-state index in [1.54, 1.807) is 4.90 Å². The summed E-state index contributed by atoms with van der Waals surface area (Å²) in [5.74, 6) is -0.765. The molecular weight excluding hydrogens is 444 g/mol. The number of benzene rings is 2. The zero-order valence-corrected chi connectivity index (χ0v) is 19.7. The lowest BCUT2D eigenvalue weighted by atomic mass is 9.72. The Labute approximate surface area is 204 Å². The molecule has 2 saturated carbocycles. The molecule has 2 aliphatic heterocycles. The van der Waals surface area contributed by atoms with Crippen molar-refractivity contribution >= 4 is 18.0 Å². The minimum atomic E-state index is -1.04. The first-order valence-electron chi connectivity index (χ1n) is 12.6. The maximum absolute atomic E-state index is 13.6. The lowest BCUT2D eigenvalue weighted by molar-refractivity contribution is -0.162. The molecule has 7 rings (SSSR count). The minimum absolute atomic E-state index is 0.0259. The van der Waals surface area contributed by atoms with Crippen molar-refractivity contribution in [2.24, 2.45) is 11.3 Å². The van der Waals surface area contributed by atoms with E-state index in [0.717, 1.165) is 24.0 Å². The van der Waals surface area contributed by atoms with E-state index in [2.05, 4.69) is 29.6 Å². The molecule has 0 atom stereocenters. The number of nitrogens with zero attached hydrogens (tertiary/aromatic N) is 1. The molecule has 0 radical (unpaired) electrons. The fourth-order valence-corrected chi connectivity index (χ4v) is 6.94. The lowest BCUT2D eigenvalue weighted by Crippen LogP contribution is -2.59. The summed E-state index contributed by atoms with van der Waals surface area (Å²) in [6.45, 7) is 0.911. The Morgan fingerprint density at radius 2 is 1.57 bits per heavy atom. The third-order valence-corrected chi connectivity index (χ3v) is 8.78. The Hall–Kier alpha value is -3.35. The third-order valence-electron chi connectivity index (χ3n) is 8.78. The Morgan fingerprint density at radius 1 is 0.971 bits per heavy atom. The number of nitrogens with one attached hydrogen (secondary N) is 1.